The maximum absolute atomic E-state index is 11.1. The summed E-state index contributed by atoms with van der Waals surface area (Å²) in [7, 11) is 1.16. The number of β-lactam (4-membered cyclic amide) rings is 1. The molecule has 1 heterocycles. The fourth-order valence-corrected chi connectivity index (χ4v) is 3.09. The van der Waals surface area contributed by atoms with Gasteiger partial charge in [-0.2, -0.15) is 8.42 Å². The van der Waals surface area contributed by atoms with Gasteiger partial charge in [-0.05, 0) is 13.8 Å². The molecule has 1 atom stereocenters. The summed E-state index contributed by atoms with van der Waals surface area (Å²) in [6.45, 7) is 5.01. The number of hydrogen-bond acceptors (Lipinski definition) is 3. The number of nitrogens with zero attached hydrogens (tertiary/aromatic N) is 1. The largest absolute Gasteiger partial charge is 0.324 e. The van der Waals surface area contributed by atoms with Gasteiger partial charge in [0, 0.05) is 10.7 Å². The second-order valence-electron chi connectivity index (χ2n) is 3.42. The Kier molecular flexibility index (Phi) is 1.92. The van der Waals surface area contributed by atoms with E-state index in [2.05, 4.69) is 0 Å². The number of carbonyl (C=O) groups is 1. The molecule has 0 aromatic rings. The Morgan fingerprint density at radius 2 is 1.92 bits per heavy atom. The van der Waals surface area contributed by atoms with Crippen LogP contribution in [0.15, 0.2) is 0 Å². The second-order valence-corrected chi connectivity index (χ2v) is 5.78. The van der Waals surface area contributed by atoms with Gasteiger partial charge in [-0.1, -0.05) is 6.92 Å². The fraction of sp³-hybridized carbons (Fsp3) is 0.833. The van der Waals surface area contributed by atoms with Gasteiger partial charge in [0.2, 0.25) is 5.91 Å². The van der Waals surface area contributed by atoms with E-state index in [1.54, 1.807) is 20.8 Å². The van der Waals surface area contributed by atoms with E-state index < -0.39 is 20.7 Å². The lowest BCUT2D eigenvalue weighted by atomic mass is 9.80. The van der Waals surface area contributed by atoms with E-state index >= 15 is 0 Å². The lowest BCUT2D eigenvalue weighted by Crippen LogP contribution is -2.67. The van der Waals surface area contributed by atoms with Gasteiger partial charge >= 0.3 is 9.24 Å². The molecule has 4 nitrogen and oxygen atoms in total. The van der Waals surface area contributed by atoms with E-state index in [4.69, 9.17) is 10.7 Å². The Balaban J connectivity index is 3.05. The van der Waals surface area contributed by atoms with Crippen molar-refractivity contribution in [1.82, 2.24) is 4.31 Å². The zero-order valence-corrected chi connectivity index (χ0v) is 8.61. The zero-order valence-electron chi connectivity index (χ0n) is 7.04. The van der Waals surface area contributed by atoms with E-state index in [1.807, 2.05) is 0 Å². The van der Waals surface area contributed by atoms with Crippen molar-refractivity contribution in [3.05, 3.63) is 0 Å². The molecule has 6 heteroatoms. The molecule has 70 valence electrons. The molecule has 1 aliphatic rings. The first kappa shape index (κ1) is 9.80. The van der Waals surface area contributed by atoms with Gasteiger partial charge in [0.05, 0.1) is 11.5 Å². The van der Waals surface area contributed by atoms with Crippen LogP contribution in [0.3, 0.4) is 0 Å². The molecule has 12 heavy (non-hydrogen) atoms. The molecule has 0 aromatic heterocycles. The third kappa shape index (κ3) is 1.11. The van der Waals surface area contributed by atoms with E-state index in [-0.39, 0.29) is 5.92 Å². The first-order valence-electron chi connectivity index (χ1n) is 3.48. The summed E-state index contributed by atoms with van der Waals surface area (Å²) in [6.07, 6.45) is 0. The molecule has 1 rings (SSSR count). The van der Waals surface area contributed by atoms with Crippen LogP contribution in [0.4, 0.5) is 0 Å². The van der Waals surface area contributed by atoms with Crippen molar-refractivity contribution in [2.24, 2.45) is 5.92 Å². The highest BCUT2D eigenvalue weighted by Gasteiger charge is 2.56. The Morgan fingerprint density at radius 3 is 2.08 bits per heavy atom. The van der Waals surface area contributed by atoms with Crippen molar-refractivity contribution >= 4 is 25.8 Å². The third-order valence-electron chi connectivity index (χ3n) is 2.37. The fourth-order valence-electron chi connectivity index (χ4n) is 1.26. The Morgan fingerprint density at radius 1 is 1.50 bits per heavy atom. The molecule has 1 saturated heterocycles. The molecule has 1 aliphatic heterocycles. The van der Waals surface area contributed by atoms with Crippen LogP contribution in [0.25, 0.3) is 0 Å². The number of carbonyl (C=O) groups excluding carboxylic acids is 1. The van der Waals surface area contributed by atoms with Crippen molar-refractivity contribution in [2.75, 3.05) is 0 Å². The molecule has 1 amide bonds. The van der Waals surface area contributed by atoms with Gasteiger partial charge in [-0.15, -0.1) is 0 Å². The summed E-state index contributed by atoms with van der Waals surface area (Å²) >= 11 is 0. The molecule has 0 spiro atoms. The van der Waals surface area contributed by atoms with Gasteiger partial charge < -0.3 is 0 Å². The van der Waals surface area contributed by atoms with Crippen molar-refractivity contribution in [3.8, 4) is 0 Å². The normalized spacial score (nSPS) is 28.5. The van der Waals surface area contributed by atoms with Crippen LogP contribution in [0.2, 0.25) is 0 Å². The lowest BCUT2D eigenvalue weighted by Gasteiger charge is -2.49. The first-order valence-corrected chi connectivity index (χ1v) is 5.74. The Labute approximate surface area is 76.0 Å². The maximum Gasteiger partial charge on any atom is 0.324 e. The minimum Gasteiger partial charge on any atom is -0.273 e. The standard InChI is InChI=1S/C6H10ClNO3S/c1-4-5(9)8(6(4,2)3)12(7,10)11/h4H,1-3H3. The van der Waals surface area contributed by atoms with Crippen LogP contribution in [-0.2, 0) is 14.0 Å². The van der Waals surface area contributed by atoms with Crippen molar-refractivity contribution in [1.29, 1.82) is 0 Å². The van der Waals surface area contributed by atoms with Crippen molar-refractivity contribution in [2.45, 2.75) is 26.3 Å². The molecule has 0 aliphatic carbocycles. The lowest BCUT2D eigenvalue weighted by molar-refractivity contribution is -0.152. The van der Waals surface area contributed by atoms with E-state index in [9.17, 15) is 13.2 Å². The molecule has 0 aromatic carbocycles. The third-order valence-corrected chi connectivity index (χ3v) is 3.87. The van der Waals surface area contributed by atoms with Crippen LogP contribution in [0.1, 0.15) is 20.8 Å². The van der Waals surface area contributed by atoms with E-state index in [0.717, 1.165) is 0 Å². The van der Waals surface area contributed by atoms with Crippen LogP contribution < -0.4 is 0 Å². The molecule has 0 N–H and O–H groups in total. The summed E-state index contributed by atoms with van der Waals surface area (Å²) in [6, 6.07) is 0. The average Bonchev–Trinajstić information content (AvgIpc) is 1.83. The monoisotopic (exact) mass is 211 g/mol. The van der Waals surface area contributed by atoms with Gasteiger partial charge in [-0.25, -0.2) is 4.31 Å². The smallest absolute Gasteiger partial charge is 0.273 e. The molecular weight excluding hydrogens is 202 g/mol. The average molecular weight is 212 g/mol. The predicted octanol–water partition coefficient (Wildman–Crippen LogP) is 0.727. The van der Waals surface area contributed by atoms with Crippen LogP contribution in [-0.4, -0.2) is 24.2 Å². The summed E-state index contributed by atoms with van der Waals surface area (Å²) in [5.74, 6) is -0.721. The quantitative estimate of drug-likeness (QED) is 0.475. The molecule has 0 saturated carbocycles. The SMILES string of the molecule is CC1C(=O)N(S(=O)(=O)Cl)C1(C)C. The van der Waals surface area contributed by atoms with Crippen LogP contribution >= 0.6 is 10.7 Å². The summed E-state index contributed by atoms with van der Waals surface area (Å²) in [4.78, 5) is 11.1. The van der Waals surface area contributed by atoms with Gasteiger partial charge in [0.1, 0.15) is 0 Å². The highest BCUT2D eigenvalue weighted by atomic mass is 35.7. The zero-order chi connectivity index (χ0) is 9.73. The minimum atomic E-state index is -3.90. The second kappa shape index (κ2) is 2.35. The predicted molar refractivity (Wildman–Crippen MR) is 44.9 cm³/mol. The summed E-state index contributed by atoms with van der Waals surface area (Å²) in [5, 5.41) is 0. The maximum atomic E-state index is 11.1. The molecule has 1 unspecified atom stereocenters. The van der Waals surface area contributed by atoms with E-state index in [1.165, 1.54) is 0 Å². The number of rotatable bonds is 1. The Bertz CT molecular complexity index is 322. The highest BCUT2D eigenvalue weighted by Crippen LogP contribution is 2.40. The molecule has 1 fully saturated rings. The van der Waals surface area contributed by atoms with Crippen LogP contribution in [0.5, 0.6) is 0 Å². The van der Waals surface area contributed by atoms with Crippen molar-refractivity contribution < 1.29 is 13.2 Å². The molecule has 0 radical (unpaired) electrons. The Hall–Kier alpha value is -0.290. The van der Waals surface area contributed by atoms with Gasteiger partial charge in [0.15, 0.2) is 0 Å². The number of halogens is 1. The highest BCUT2D eigenvalue weighted by molar-refractivity contribution is 8.12. The van der Waals surface area contributed by atoms with Gasteiger partial charge in [0.25, 0.3) is 0 Å². The minimum absolute atomic E-state index is 0.286. The number of hydrogen-bond donors (Lipinski definition) is 0. The van der Waals surface area contributed by atoms with Crippen molar-refractivity contribution in [3.63, 3.8) is 0 Å². The number of amides is 1. The van der Waals surface area contributed by atoms with E-state index in [0.29, 0.717) is 4.31 Å². The molecule has 0 bridgehead atoms. The summed E-state index contributed by atoms with van der Waals surface area (Å²) < 4.78 is 22.4. The van der Waals surface area contributed by atoms with Crippen LogP contribution in [0, 0.1) is 5.92 Å². The first-order chi connectivity index (χ1) is 5.19. The topological polar surface area (TPSA) is 54.5 Å². The summed E-state index contributed by atoms with van der Waals surface area (Å²) in [5.41, 5.74) is -0.683. The van der Waals surface area contributed by atoms with Gasteiger partial charge in [-0.3, -0.25) is 4.79 Å². The molecular formula is C6H10ClNO3S.